The van der Waals surface area contributed by atoms with Gasteiger partial charge in [-0.2, -0.15) is 0 Å². The second-order valence-corrected chi connectivity index (χ2v) is 3.11. The van der Waals surface area contributed by atoms with Crippen LogP contribution in [0.4, 0.5) is 5.69 Å². The van der Waals surface area contributed by atoms with Gasteiger partial charge in [-0.15, -0.1) is 0 Å². The lowest BCUT2D eigenvalue weighted by Crippen LogP contribution is -2.13. The van der Waals surface area contributed by atoms with E-state index in [4.69, 9.17) is 4.74 Å². The molecule has 0 heterocycles. The lowest BCUT2D eigenvalue weighted by Gasteiger charge is -2.09. The van der Waals surface area contributed by atoms with Gasteiger partial charge in [-0.3, -0.25) is 10.1 Å². The lowest BCUT2D eigenvalue weighted by molar-refractivity contribution is -0.385. The minimum atomic E-state index is -1.55. The van der Waals surface area contributed by atoms with E-state index >= 15 is 0 Å². The van der Waals surface area contributed by atoms with Gasteiger partial charge in [-0.25, -0.2) is 4.79 Å². The number of carbonyl (C=O) groups excluding carboxylic acids is 1. The molecule has 0 aliphatic carbocycles. The first-order chi connectivity index (χ1) is 8.01. The first-order valence-electron chi connectivity index (χ1n) is 4.59. The number of rotatable bonds is 4. The molecule has 17 heavy (non-hydrogen) atoms. The topological polar surface area (TPSA) is 98.9 Å². The number of esters is 1. The number of carbonyl (C=O) groups is 1. The van der Waals surface area contributed by atoms with E-state index in [1.807, 2.05) is 0 Å². The van der Waals surface area contributed by atoms with E-state index in [2.05, 4.69) is 4.74 Å². The van der Waals surface area contributed by atoms with Crippen molar-refractivity contribution in [3.05, 3.63) is 33.9 Å². The molecule has 0 saturated carbocycles. The molecule has 0 unspecified atom stereocenters. The van der Waals surface area contributed by atoms with Crippen LogP contribution in [-0.4, -0.2) is 30.2 Å². The normalized spacial score (nSPS) is 11.7. The summed E-state index contributed by atoms with van der Waals surface area (Å²) in [6, 6.07) is 3.73. The van der Waals surface area contributed by atoms with Crippen LogP contribution in [0.3, 0.4) is 0 Å². The van der Waals surface area contributed by atoms with Gasteiger partial charge in [0.05, 0.1) is 19.1 Å². The van der Waals surface area contributed by atoms with Gasteiger partial charge in [0.15, 0.2) is 11.9 Å². The van der Waals surface area contributed by atoms with Crippen molar-refractivity contribution in [2.75, 3.05) is 14.2 Å². The highest BCUT2D eigenvalue weighted by Gasteiger charge is 2.23. The number of hydrogen-bond acceptors (Lipinski definition) is 6. The number of aliphatic hydroxyl groups is 1. The van der Waals surface area contributed by atoms with E-state index in [1.54, 1.807) is 0 Å². The van der Waals surface area contributed by atoms with Gasteiger partial charge in [0.25, 0.3) is 0 Å². The van der Waals surface area contributed by atoms with E-state index in [0.717, 1.165) is 13.2 Å². The third-order valence-electron chi connectivity index (χ3n) is 2.14. The van der Waals surface area contributed by atoms with Crippen LogP contribution in [0.5, 0.6) is 5.75 Å². The minimum Gasteiger partial charge on any atom is -0.490 e. The molecule has 0 aromatic heterocycles. The fourth-order valence-corrected chi connectivity index (χ4v) is 1.27. The number of nitro groups is 1. The summed E-state index contributed by atoms with van der Waals surface area (Å²) < 4.78 is 9.12. The van der Waals surface area contributed by atoms with Crippen LogP contribution in [-0.2, 0) is 9.53 Å². The van der Waals surface area contributed by atoms with E-state index in [-0.39, 0.29) is 17.0 Å². The molecule has 0 bridgehead atoms. The molecule has 0 saturated heterocycles. The number of nitrogens with zero attached hydrogens (tertiary/aromatic N) is 1. The number of nitro benzene ring substituents is 1. The number of ether oxygens (including phenoxy) is 2. The first-order valence-corrected chi connectivity index (χ1v) is 4.59. The lowest BCUT2D eigenvalue weighted by atomic mass is 10.1. The molecule has 0 fully saturated rings. The van der Waals surface area contributed by atoms with E-state index in [1.165, 1.54) is 19.2 Å². The molecule has 0 radical (unpaired) electrons. The molecule has 1 aromatic carbocycles. The highest BCUT2D eigenvalue weighted by atomic mass is 16.6. The Hall–Kier alpha value is -2.15. The summed E-state index contributed by atoms with van der Waals surface area (Å²) in [5.74, 6) is -0.833. The smallest absolute Gasteiger partial charge is 0.339 e. The molecule has 1 rings (SSSR count). The van der Waals surface area contributed by atoms with Crippen molar-refractivity contribution >= 4 is 11.7 Å². The highest BCUT2D eigenvalue weighted by molar-refractivity contribution is 5.76. The summed E-state index contributed by atoms with van der Waals surface area (Å²) in [6.07, 6.45) is -1.55. The third kappa shape index (κ3) is 2.70. The monoisotopic (exact) mass is 241 g/mol. The number of hydrogen-bond donors (Lipinski definition) is 1. The van der Waals surface area contributed by atoms with Crippen molar-refractivity contribution < 1.29 is 24.3 Å². The van der Waals surface area contributed by atoms with Crippen molar-refractivity contribution in [1.29, 1.82) is 0 Å². The van der Waals surface area contributed by atoms with E-state index < -0.39 is 17.0 Å². The summed E-state index contributed by atoms with van der Waals surface area (Å²) in [7, 11) is 2.40. The van der Waals surface area contributed by atoms with Crippen LogP contribution in [0.15, 0.2) is 18.2 Å². The third-order valence-corrected chi connectivity index (χ3v) is 2.14. The molecule has 92 valence electrons. The Bertz CT molecular complexity index is 444. The second-order valence-electron chi connectivity index (χ2n) is 3.11. The molecule has 0 spiro atoms. The minimum absolute atomic E-state index is 0.0517. The number of benzene rings is 1. The fraction of sp³-hybridized carbons (Fsp3) is 0.300. The molecule has 7 nitrogen and oxygen atoms in total. The summed E-state index contributed by atoms with van der Waals surface area (Å²) in [5, 5.41) is 20.2. The predicted molar refractivity (Wildman–Crippen MR) is 56.6 cm³/mol. The molecule has 1 aromatic rings. The van der Waals surface area contributed by atoms with Crippen LogP contribution >= 0.6 is 0 Å². The summed E-state index contributed by atoms with van der Waals surface area (Å²) in [5.41, 5.74) is -0.252. The van der Waals surface area contributed by atoms with Crippen LogP contribution in [0.25, 0.3) is 0 Å². The summed E-state index contributed by atoms with van der Waals surface area (Å²) in [4.78, 5) is 21.1. The molecule has 1 N–H and O–H groups in total. The Balaban J connectivity index is 3.16. The Morgan fingerprint density at radius 1 is 1.47 bits per heavy atom. The summed E-state index contributed by atoms with van der Waals surface area (Å²) >= 11 is 0. The maximum Gasteiger partial charge on any atom is 0.339 e. The second kappa shape index (κ2) is 5.26. The van der Waals surface area contributed by atoms with Gasteiger partial charge in [0, 0.05) is 6.07 Å². The Morgan fingerprint density at radius 3 is 2.59 bits per heavy atom. The van der Waals surface area contributed by atoms with Crippen molar-refractivity contribution in [3.8, 4) is 5.75 Å². The average molecular weight is 241 g/mol. The quantitative estimate of drug-likeness (QED) is 0.475. The van der Waals surface area contributed by atoms with Gasteiger partial charge >= 0.3 is 11.7 Å². The molecule has 0 amide bonds. The Morgan fingerprint density at radius 2 is 2.12 bits per heavy atom. The van der Waals surface area contributed by atoms with Gasteiger partial charge in [-0.05, 0) is 11.6 Å². The van der Waals surface area contributed by atoms with E-state index in [0.29, 0.717) is 0 Å². The van der Waals surface area contributed by atoms with Crippen LogP contribution in [0, 0.1) is 10.1 Å². The zero-order valence-corrected chi connectivity index (χ0v) is 9.25. The predicted octanol–water partition coefficient (Wildman–Crippen LogP) is 0.810. The number of methoxy groups -OCH3 is 2. The zero-order chi connectivity index (χ0) is 13.0. The molecule has 7 heteroatoms. The van der Waals surface area contributed by atoms with Crippen molar-refractivity contribution in [1.82, 2.24) is 0 Å². The zero-order valence-electron chi connectivity index (χ0n) is 9.25. The largest absolute Gasteiger partial charge is 0.490 e. The van der Waals surface area contributed by atoms with Crippen LogP contribution in [0.2, 0.25) is 0 Å². The standard InChI is InChI=1S/C10H11NO6/c1-16-8-4-3-6(5-7(8)11(14)15)9(12)10(13)17-2/h3-5,9,12H,1-2H3/t9-/m0/s1. The Kier molecular flexibility index (Phi) is 4.00. The van der Waals surface area contributed by atoms with Gasteiger partial charge < -0.3 is 14.6 Å². The van der Waals surface area contributed by atoms with Gasteiger partial charge in [0.1, 0.15) is 0 Å². The molecule has 1 atom stereocenters. The highest BCUT2D eigenvalue weighted by Crippen LogP contribution is 2.30. The molecule has 0 aliphatic rings. The molecule has 0 aliphatic heterocycles. The van der Waals surface area contributed by atoms with Crippen LogP contribution in [0.1, 0.15) is 11.7 Å². The Labute approximate surface area is 96.7 Å². The molecular formula is C10H11NO6. The maximum atomic E-state index is 11.1. The first kappa shape index (κ1) is 12.9. The fourth-order valence-electron chi connectivity index (χ4n) is 1.27. The summed E-state index contributed by atoms with van der Waals surface area (Å²) in [6.45, 7) is 0. The van der Waals surface area contributed by atoms with Gasteiger partial charge in [-0.1, -0.05) is 6.07 Å². The van der Waals surface area contributed by atoms with E-state index in [9.17, 15) is 20.0 Å². The average Bonchev–Trinajstić information content (AvgIpc) is 2.35. The SMILES string of the molecule is COC(=O)[C@@H](O)c1ccc(OC)c([N+](=O)[O-])c1. The van der Waals surface area contributed by atoms with Gasteiger partial charge in [0.2, 0.25) is 0 Å². The maximum absolute atomic E-state index is 11.1. The van der Waals surface area contributed by atoms with Crippen molar-refractivity contribution in [3.63, 3.8) is 0 Å². The molecular weight excluding hydrogens is 230 g/mol. The van der Waals surface area contributed by atoms with Crippen molar-refractivity contribution in [2.24, 2.45) is 0 Å². The van der Waals surface area contributed by atoms with Crippen LogP contribution < -0.4 is 4.74 Å². The van der Waals surface area contributed by atoms with Crippen molar-refractivity contribution in [2.45, 2.75) is 6.10 Å². The number of aliphatic hydroxyl groups excluding tert-OH is 1.